The van der Waals surface area contributed by atoms with Crippen molar-refractivity contribution in [3.8, 4) is 0 Å². The van der Waals surface area contributed by atoms with Crippen molar-refractivity contribution in [3.63, 3.8) is 0 Å². The van der Waals surface area contributed by atoms with Crippen LogP contribution in [0.1, 0.15) is 19.8 Å². The summed E-state index contributed by atoms with van der Waals surface area (Å²) in [5.41, 5.74) is 0. The molecule has 2 unspecified atom stereocenters. The molecule has 0 N–H and O–H groups in total. The van der Waals surface area contributed by atoms with Gasteiger partial charge in [0.2, 0.25) is 0 Å². The molecule has 16 heavy (non-hydrogen) atoms. The van der Waals surface area contributed by atoms with Gasteiger partial charge in [-0.3, -0.25) is 0 Å². The van der Waals surface area contributed by atoms with Crippen molar-refractivity contribution in [1.82, 2.24) is 14.7 Å². The fourth-order valence-electron chi connectivity index (χ4n) is 2.89. The summed E-state index contributed by atoms with van der Waals surface area (Å²) >= 11 is 0. The summed E-state index contributed by atoms with van der Waals surface area (Å²) in [4.78, 5) is 18.5. The number of hydrogen-bond acceptors (Lipinski definition) is 2. The average Bonchev–Trinajstić information content (AvgIpc) is 2.84. The number of likely N-dealkylation sites (tertiary alicyclic amines) is 2. The zero-order valence-corrected chi connectivity index (χ0v) is 10.6. The second-order valence-electron chi connectivity index (χ2n) is 5.39. The van der Waals surface area contributed by atoms with Gasteiger partial charge in [-0.25, -0.2) is 4.79 Å². The van der Waals surface area contributed by atoms with E-state index in [-0.39, 0.29) is 6.03 Å². The summed E-state index contributed by atoms with van der Waals surface area (Å²) in [6, 6.07) is 0.778. The van der Waals surface area contributed by atoms with Crippen molar-refractivity contribution in [1.29, 1.82) is 0 Å². The number of amides is 2. The first-order valence-corrected chi connectivity index (χ1v) is 6.30. The molecule has 2 rings (SSSR count). The zero-order chi connectivity index (χ0) is 11.7. The van der Waals surface area contributed by atoms with E-state index >= 15 is 0 Å². The number of hydrogen-bond donors (Lipinski definition) is 0. The maximum Gasteiger partial charge on any atom is 0.320 e. The summed E-state index contributed by atoms with van der Waals surface area (Å²) in [6.07, 6.45) is 2.35. The van der Waals surface area contributed by atoms with Gasteiger partial charge in [-0.15, -0.1) is 0 Å². The molecule has 2 aliphatic rings. The Morgan fingerprint density at radius 1 is 1.12 bits per heavy atom. The summed E-state index contributed by atoms with van der Waals surface area (Å²) in [5.74, 6) is 0.585. The molecular weight excluding hydrogens is 202 g/mol. The predicted octanol–water partition coefficient (Wildman–Crippen LogP) is 1.08. The Kier molecular flexibility index (Phi) is 3.38. The van der Waals surface area contributed by atoms with E-state index in [1.54, 1.807) is 0 Å². The smallest absolute Gasteiger partial charge is 0.320 e. The van der Waals surface area contributed by atoms with Gasteiger partial charge in [-0.05, 0) is 32.9 Å². The van der Waals surface area contributed by atoms with Gasteiger partial charge < -0.3 is 14.7 Å². The molecule has 2 saturated heterocycles. The molecule has 4 heteroatoms. The van der Waals surface area contributed by atoms with Crippen molar-refractivity contribution in [2.24, 2.45) is 5.92 Å². The van der Waals surface area contributed by atoms with Crippen LogP contribution in [-0.4, -0.2) is 67.0 Å². The van der Waals surface area contributed by atoms with Crippen molar-refractivity contribution >= 4 is 6.03 Å². The highest BCUT2D eigenvalue weighted by molar-refractivity contribution is 5.75. The minimum Gasteiger partial charge on any atom is -0.325 e. The highest BCUT2D eigenvalue weighted by atomic mass is 16.2. The fraction of sp³-hybridized carbons (Fsp3) is 0.917. The molecule has 4 nitrogen and oxygen atoms in total. The first-order chi connectivity index (χ1) is 7.59. The number of carbonyl (C=O) groups is 1. The molecule has 2 aliphatic heterocycles. The molecule has 0 bridgehead atoms. The molecular formula is C12H23N3O. The van der Waals surface area contributed by atoms with Crippen LogP contribution in [0.15, 0.2) is 0 Å². The zero-order valence-electron chi connectivity index (χ0n) is 10.6. The van der Waals surface area contributed by atoms with Gasteiger partial charge in [0.25, 0.3) is 0 Å². The van der Waals surface area contributed by atoms with Gasteiger partial charge in [-0.2, -0.15) is 0 Å². The van der Waals surface area contributed by atoms with Gasteiger partial charge in [0.1, 0.15) is 0 Å². The van der Waals surface area contributed by atoms with Gasteiger partial charge in [0.05, 0.1) is 0 Å². The Hall–Kier alpha value is -0.770. The molecule has 0 aromatic carbocycles. The van der Waals surface area contributed by atoms with E-state index in [0.29, 0.717) is 12.0 Å². The Bertz CT molecular complexity index is 261. The van der Waals surface area contributed by atoms with E-state index in [0.717, 1.165) is 26.2 Å². The minimum absolute atomic E-state index is 0.258. The third-order valence-corrected chi connectivity index (χ3v) is 3.88. The maximum absolute atomic E-state index is 12.2. The monoisotopic (exact) mass is 225 g/mol. The maximum atomic E-state index is 12.2. The second kappa shape index (κ2) is 4.62. The fourth-order valence-corrected chi connectivity index (χ4v) is 2.89. The lowest BCUT2D eigenvalue weighted by Crippen LogP contribution is -2.42. The normalized spacial score (nSPS) is 30.5. The molecule has 0 spiro atoms. The molecule has 0 aromatic rings. The van der Waals surface area contributed by atoms with Crippen LogP contribution in [0.2, 0.25) is 0 Å². The summed E-state index contributed by atoms with van der Waals surface area (Å²) in [7, 11) is 4.20. The highest BCUT2D eigenvalue weighted by Gasteiger charge is 2.35. The van der Waals surface area contributed by atoms with Crippen LogP contribution in [0.4, 0.5) is 4.79 Å². The molecule has 2 fully saturated rings. The second-order valence-corrected chi connectivity index (χ2v) is 5.39. The number of nitrogens with zero attached hydrogens (tertiary/aromatic N) is 3. The quantitative estimate of drug-likeness (QED) is 0.668. The number of rotatable bonds is 1. The first-order valence-electron chi connectivity index (χ1n) is 6.30. The molecule has 0 aromatic heterocycles. The Morgan fingerprint density at radius 2 is 1.75 bits per heavy atom. The van der Waals surface area contributed by atoms with Gasteiger partial charge in [0.15, 0.2) is 0 Å². The van der Waals surface area contributed by atoms with E-state index in [2.05, 4.69) is 25.9 Å². The van der Waals surface area contributed by atoms with E-state index in [4.69, 9.17) is 0 Å². The molecule has 0 aliphatic carbocycles. The molecule has 2 heterocycles. The Labute approximate surface area is 98.2 Å². The van der Waals surface area contributed by atoms with Crippen LogP contribution in [-0.2, 0) is 0 Å². The lowest BCUT2D eigenvalue weighted by atomic mass is 10.1. The van der Waals surface area contributed by atoms with Crippen molar-refractivity contribution < 1.29 is 4.79 Å². The third kappa shape index (κ3) is 2.17. The highest BCUT2D eigenvalue weighted by Crippen LogP contribution is 2.22. The molecule has 0 radical (unpaired) electrons. The summed E-state index contributed by atoms with van der Waals surface area (Å²) in [6.45, 7) is 5.95. The number of likely N-dealkylation sites (N-methyl/N-ethyl adjacent to an activating group) is 1. The van der Waals surface area contributed by atoms with Crippen molar-refractivity contribution in [2.45, 2.75) is 25.8 Å². The lowest BCUT2D eigenvalue weighted by molar-refractivity contribution is 0.169. The third-order valence-electron chi connectivity index (χ3n) is 3.88. The van der Waals surface area contributed by atoms with Crippen LogP contribution in [0.5, 0.6) is 0 Å². The topological polar surface area (TPSA) is 26.8 Å². The largest absolute Gasteiger partial charge is 0.325 e. The van der Waals surface area contributed by atoms with Crippen molar-refractivity contribution in [2.75, 3.05) is 40.3 Å². The van der Waals surface area contributed by atoms with E-state index in [1.165, 1.54) is 12.8 Å². The van der Waals surface area contributed by atoms with Gasteiger partial charge in [0, 0.05) is 32.2 Å². The van der Waals surface area contributed by atoms with E-state index in [1.807, 2.05) is 9.80 Å². The number of carbonyl (C=O) groups excluding carboxylic acids is 1. The minimum atomic E-state index is 0.258. The molecule has 2 amide bonds. The predicted molar refractivity (Wildman–Crippen MR) is 64.4 cm³/mol. The van der Waals surface area contributed by atoms with Crippen LogP contribution in [0.25, 0.3) is 0 Å². The van der Waals surface area contributed by atoms with Gasteiger partial charge in [-0.1, -0.05) is 6.92 Å². The average molecular weight is 225 g/mol. The van der Waals surface area contributed by atoms with Crippen LogP contribution in [0.3, 0.4) is 0 Å². The van der Waals surface area contributed by atoms with Crippen LogP contribution < -0.4 is 0 Å². The van der Waals surface area contributed by atoms with Crippen LogP contribution in [0, 0.1) is 5.92 Å². The summed E-state index contributed by atoms with van der Waals surface area (Å²) in [5, 5.41) is 0. The molecule has 0 saturated carbocycles. The SMILES string of the molecule is CC1CN(C(=O)N2CCCC2)CC1N(C)C. The van der Waals surface area contributed by atoms with Gasteiger partial charge >= 0.3 is 6.03 Å². The van der Waals surface area contributed by atoms with Crippen LogP contribution >= 0.6 is 0 Å². The lowest BCUT2D eigenvalue weighted by Gasteiger charge is -2.25. The molecule has 2 atom stereocenters. The number of urea groups is 1. The summed E-state index contributed by atoms with van der Waals surface area (Å²) < 4.78 is 0. The Balaban J connectivity index is 1.94. The van der Waals surface area contributed by atoms with E-state index < -0.39 is 0 Å². The van der Waals surface area contributed by atoms with E-state index in [9.17, 15) is 4.79 Å². The first kappa shape index (κ1) is 11.7. The Morgan fingerprint density at radius 3 is 2.25 bits per heavy atom. The molecule has 92 valence electrons. The van der Waals surface area contributed by atoms with Crippen molar-refractivity contribution in [3.05, 3.63) is 0 Å². The standard InChI is InChI=1S/C12H23N3O/c1-10-8-15(9-11(10)13(2)3)12(16)14-6-4-5-7-14/h10-11H,4-9H2,1-3H3.